The lowest BCUT2D eigenvalue weighted by molar-refractivity contribution is 0.0490. The Bertz CT molecular complexity index is 470. The summed E-state index contributed by atoms with van der Waals surface area (Å²) in [6, 6.07) is 7.98. The van der Waals surface area contributed by atoms with Crippen molar-refractivity contribution in [3.63, 3.8) is 0 Å². The van der Waals surface area contributed by atoms with Gasteiger partial charge in [0.1, 0.15) is 23.2 Å². The fourth-order valence-electron chi connectivity index (χ4n) is 2.21. The van der Waals surface area contributed by atoms with Gasteiger partial charge in [-0.25, -0.2) is 0 Å². The van der Waals surface area contributed by atoms with Crippen LogP contribution in [-0.4, -0.2) is 11.7 Å². The highest BCUT2D eigenvalue weighted by molar-refractivity contribution is 5.33. The van der Waals surface area contributed by atoms with Crippen molar-refractivity contribution in [1.29, 1.82) is 0 Å². The second kappa shape index (κ2) is 6.52. The SMILES string of the molecule is CC(C)(C)CC(Oc1cccc(OC(C)(C)C)c1)C(C)(C)C. The largest absolute Gasteiger partial charge is 0.490 e. The van der Waals surface area contributed by atoms with Crippen LogP contribution in [0.25, 0.3) is 0 Å². The lowest BCUT2D eigenvalue weighted by atomic mass is 9.78. The van der Waals surface area contributed by atoms with Gasteiger partial charge < -0.3 is 9.47 Å². The molecular weight excluding hydrogens is 272 g/mol. The van der Waals surface area contributed by atoms with Crippen LogP contribution in [0, 0.1) is 10.8 Å². The fourth-order valence-corrected chi connectivity index (χ4v) is 2.21. The zero-order valence-corrected chi connectivity index (χ0v) is 15.9. The Morgan fingerprint density at radius 1 is 0.864 bits per heavy atom. The average Bonchev–Trinajstić information content (AvgIpc) is 2.22. The first-order valence-electron chi connectivity index (χ1n) is 8.22. The van der Waals surface area contributed by atoms with Gasteiger partial charge in [-0.3, -0.25) is 0 Å². The smallest absolute Gasteiger partial charge is 0.123 e. The Balaban J connectivity index is 2.92. The highest BCUT2D eigenvalue weighted by atomic mass is 16.5. The standard InChI is InChI=1S/C20H34O2/c1-18(2,3)14-17(19(4,5)6)21-15-11-10-12-16(13-15)22-20(7,8)9/h10-13,17H,14H2,1-9H3. The first-order valence-corrected chi connectivity index (χ1v) is 8.22. The highest BCUT2D eigenvalue weighted by Crippen LogP contribution is 2.34. The van der Waals surface area contributed by atoms with E-state index in [-0.39, 0.29) is 22.5 Å². The number of ether oxygens (including phenoxy) is 2. The fraction of sp³-hybridized carbons (Fsp3) is 0.700. The van der Waals surface area contributed by atoms with E-state index >= 15 is 0 Å². The number of hydrogen-bond donors (Lipinski definition) is 0. The normalized spacial score (nSPS) is 14.6. The minimum Gasteiger partial charge on any atom is -0.490 e. The van der Waals surface area contributed by atoms with Gasteiger partial charge in [-0.15, -0.1) is 0 Å². The summed E-state index contributed by atoms with van der Waals surface area (Å²) in [5.41, 5.74) is 0.124. The Morgan fingerprint density at radius 3 is 1.86 bits per heavy atom. The molecule has 0 radical (unpaired) electrons. The van der Waals surface area contributed by atoms with Gasteiger partial charge in [0.2, 0.25) is 0 Å². The van der Waals surface area contributed by atoms with E-state index in [1.807, 2.05) is 24.3 Å². The molecule has 0 aliphatic carbocycles. The van der Waals surface area contributed by atoms with Crippen LogP contribution in [0.4, 0.5) is 0 Å². The van der Waals surface area contributed by atoms with Gasteiger partial charge >= 0.3 is 0 Å². The molecule has 0 aromatic heterocycles. The van der Waals surface area contributed by atoms with Crippen LogP contribution in [0.15, 0.2) is 24.3 Å². The maximum Gasteiger partial charge on any atom is 0.123 e. The van der Waals surface area contributed by atoms with Crippen LogP contribution < -0.4 is 9.47 Å². The van der Waals surface area contributed by atoms with Gasteiger partial charge in [0.05, 0.1) is 0 Å². The Kier molecular flexibility index (Phi) is 5.59. The summed E-state index contributed by atoms with van der Waals surface area (Å²) in [6.07, 6.45) is 1.18. The van der Waals surface area contributed by atoms with Crippen molar-refractivity contribution in [3.8, 4) is 11.5 Å². The molecule has 1 atom stereocenters. The molecule has 2 nitrogen and oxygen atoms in total. The van der Waals surface area contributed by atoms with Gasteiger partial charge in [-0.05, 0) is 50.2 Å². The zero-order valence-electron chi connectivity index (χ0n) is 15.9. The van der Waals surface area contributed by atoms with Crippen LogP contribution >= 0.6 is 0 Å². The van der Waals surface area contributed by atoms with Crippen LogP contribution in [0.2, 0.25) is 0 Å². The van der Waals surface area contributed by atoms with Gasteiger partial charge in [0, 0.05) is 6.07 Å². The van der Waals surface area contributed by atoms with Crippen LogP contribution in [-0.2, 0) is 0 Å². The molecule has 0 saturated carbocycles. The van der Waals surface area contributed by atoms with E-state index in [2.05, 4.69) is 62.3 Å². The van der Waals surface area contributed by atoms with E-state index in [1.54, 1.807) is 0 Å². The van der Waals surface area contributed by atoms with Crippen molar-refractivity contribution in [3.05, 3.63) is 24.3 Å². The third kappa shape index (κ3) is 7.20. The van der Waals surface area contributed by atoms with Gasteiger partial charge in [-0.1, -0.05) is 47.6 Å². The van der Waals surface area contributed by atoms with E-state index in [1.165, 1.54) is 0 Å². The molecule has 1 aromatic rings. The molecule has 22 heavy (non-hydrogen) atoms. The Hall–Kier alpha value is -1.18. The van der Waals surface area contributed by atoms with Gasteiger partial charge in [0.15, 0.2) is 0 Å². The van der Waals surface area contributed by atoms with Gasteiger partial charge in [0.25, 0.3) is 0 Å². The lowest BCUT2D eigenvalue weighted by Crippen LogP contribution is -2.35. The van der Waals surface area contributed by atoms with Crippen LogP contribution in [0.3, 0.4) is 0 Å². The Morgan fingerprint density at radius 2 is 1.41 bits per heavy atom. The first kappa shape index (κ1) is 18.9. The molecule has 0 aliphatic heterocycles. The topological polar surface area (TPSA) is 18.5 Å². The summed E-state index contributed by atoms with van der Waals surface area (Å²) in [4.78, 5) is 0. The monoisotopic (exact) mass is 306 g/mol. The molecule has 0 aliphatic rings. The molecule has 0 N–H and O–H groups in total. The van der Waals surface area contributed by atoms with Crippen LogP contribution in [0.1, 0.15) is 68.7 Å². The summed E-state index contributed by atoms with van der Waals surface area (Å²) >= 11 is 0. The average molecular weight is 306 g/mol. The molecule has 2 heteroatoms. The van der Waals surface area contributed by atoms with Crippen molar-refractivity contribution in [2.75, 3.05) is 0 Å². The van der Waals surface area contributed by atoms with Crippen molar-refractivity contribution < 1.29 is 9.47 Å². The quantitative estimate of drug-likeness (QED) is 0.669. The number of rotatable bonds is 4. The van der Waals surface area contributed by atoms with Crippen molar-refractivity contribution in [1.82, 2.24) is 0 Å². The molecule has 1 rings (SSSR count). The molecule has 0 spiro atoms. The molecule has 1 aromatic carbocycles. The second-order valence-corrected chi connectivity index (χ2v) is 9.43. The molecule has 0 amide bonds. The van der Waals surface area contributed by atoms with Crippen molar-refractivity contribution in [2.45, 2.75) is 80.4 Å². The molecule has 0 fully saturated rings. The summed E-state index contributed by atoms with van der Waals surface area (Å²) in [7, 11) is 0. The maximum atomic E-state index is 6.33. The minimum absolute atomic E-state index is 0.0914. The van der Waals surface area contributed by atoms with Gasteiger partial charge in [-0.2, -0.15) is 0 Å². The first-order chi connectivity index (χ1) is 9.76. The zero-order chi connectivity index (χ0) is 17.2. The molecular formula is C20H34O2. The highest BCUT2D eigenvalue weighted by Gasteiger charge is 2.31. The molecule has 0 saturated heterocycles. The van der Waals surface area contributed by atoms with E-state index in [0.29, 0.717) is 0 Å². The maximum absolute atomic E-state index is 6.33. The summed E-state index contributed by atoms with van der Waals surface area (Å²) in [5, 5.41) is 0. The second-order valence-electron chi connectivity index (χ2n) is 9.43. The molecule has 126 valence electrons. The number of benzene rings is 1. The Labute approximate surface area is 137 Å². The van der Waals surface area contributed by atoms with E-state index in [9.17, 15) is 0 Å². The third-order valence-electron chi connectivity index (χ3n) is 3.27. The molecule has 0 heterocycles. The lowest BCUT2D eigenvalue weighted by Gasteiger charge is -2.35. The van der Waals surface area contributed by atoms with Crippen molar-refractivity contribution in [2.24, 2.45) is 10.8 Å². The van der Waals surface area contributed by atoms with Crippen LogP contribution in [0.5, 0.6) is 11.5 Å². The predicted octanol–water partition coefficient (Wildman–Crippen LogP) is 6.09. The predicted molar refractivity (Wildman–Crippen MR) is 94.8 cm³/mol. The summed E-state index contributed by atoms with van der Waals surface area (Å²) in [6.45, 7) is 19.6. The molecule has 1 unspecified atom stereocenters. The molecule has 0 bridgehead atoms. The summed E-state index contributed by atoms with van der Waals surface area (Å²) < 4.78 is 12.3. The van der Waals surface area contributed by atoms with E-state index in [4.69, 9.17) is 9.47 Å². The van der Waals surface area contributed by atoms with E-state index < -0.39 is 0 Å². The number of hydrogen-bond acceptors (Lipinski definition) is 2. The van der Waals surface area contributed by atoms with E-state index in [0.717, 1.165) is 17.9 Å². The minimum atomic E-state index is -0.201. The van der Waals surface area contributed by atoms with Crippen molar-refractivity contribution >= 4 is 0 Å². The third-order valence-corrected chi connectivity index (χ3v) is 3.27. The summed E-state index contributed by atoms with van der Waals surface area (Å²) in [5.74, 6) is 1.74.